The Morgan fingerprint density at radius 1 is 1.17 bits per heavy atom. The summed E-state index contributed by atoms with van der Waals surface area (Å²) in [5.74, 6) is -2.33. The number of ketones is 1. The first-order chi connectivity index (χ1) is 16.7. The van der Waals surface area contributed by atoms with E-state index in [2.05, 4.69) is 0 Å². The van der Waals surface area contributed by atoms with Gasteiger partial charge >= 0.3 is 11.9 Å². The molecule has 10 atom stereocenters. The number of allylic oxidation sites excluding steroid dienone is 1. The molecule has 2 saturated carbocycles. The third-order valence-electron chi connectivity index (χ3n) is 9.27. The van der Waals surface area contributed by atoms with Crippen molar-refractivity contribution in [1.29, 1.82) is 0 Å². The largest absolute Gasteiger partial charge is 0.459 e. The van der Waals surface area contributed by atoms with Crippen LogP contribution in [0.1, 0.15) is 61.8 Å². The number of ether oxygens (including phenoxy) is 4. The number of aliphatic hydroxyl groups is 1. The number of carbonyl (C=O) groups is 3. The predicted octanol–water partition coefficient (Wildman–Crippen LogP) is 3.16. The Bertz CT molecular complexity index is 1030. The zero-order chi connectivity index (χ0) is 27.0. The van der Waals surface area contributed by atoms with Crippen LogP contribution in [0.15, 0.2) is 23.3 Å². The standard InChI is InChI=1S/C28H40O8/c1-10-13(2)25(32)35-21-14(3)11-28-24(34-17(6)29)15(4)12-27(28,36-28)23(31)16(5)20(30)18-19(22(21)33-9)26(18,7)8/h10-11,15-16,18-22,24,30H,12H2,1-9H3. The van der Waals surface area contributed by atoms with E-state index < -0.39 is 53.5 Å². The minimum Gasteiger partial charge on any atom is -0.459 e. The average Bonchev–Trinajstić information content (AvgIpc) is 3.60. The van der Waals surface area contributed by atoms with Gasteiger partial charge < -0.3 is 24.1 Å². The van der Waals surface area contributed by atoms with Crippen molar-refractivity contribution in [2.24, 2.45) is 29.1 Å². The smallest absolute Gasteiger partial charge is 0.334 e. The lowest BCUT2D eigenvalue weighted by molar-refractivity contribution is -0.151. The molecule has 8 nitrogen and oxygen atoms in total. The molecule has 1 N–H and O–H groups in total. The molecule has 0 aromatic carbocycles. The van der Waals surface area contributed by atoms with Gasteiger partial charge in [-0.3, -0.25) is 9.59 Å². The fourth-order valence-corrected chi connectivity index (χ4v) is 7.15. The number of esters is 2. The Kier molecular flexibility index (Phi) is 6.59. The van der Waals surface area contributed by atoms with Gasteiger partial charge in [0.25, 0.3) is 0 Å². The second-order valence-corrected chi connectivity index (χ2v) is 11.8. The van der Waals surface area contributed by atoms with Crippen molar-refractivity contribution in [3.05, 3.63) is 23.3 Å². The van der Waals surface area contributed by atoms with E-state index in [9.17, 15) is 19.5 Å². The van der Waals surface area contributed by atoms with Crippen LogP contribution in [0.4, 0.5) is 0 Å². The number of carbonyl (C=O) groups excluding carboxylic acids is 3. The molecule has 0 radical (unpaired) electrons. The quantitative estimate of drug-likeness (QED) is 0.269. The van der Waals surface area contributed by atoms with Crippen molar-refractivity contribution in [3.8, 4) is 0 Å². The van der Waals surface area contributed by atoms with Crippen molar-refractivity contribution in [2.45, 2.75) is 97.4 Å². The molecule has 10 unspecified atom stereocenters. The molecular formula is C28H40O8. The second kappa shape index (κ2) is 8.77. The van der Waals surface area contributed by atoms with E-state index in [4.69, 9.17) is 18.9 Å². The van der Waals surface area contributed by atoms with E-state index in [1.807, 2.05) is 33.8 Å². The zero-order valence-electron chi connectivity index (χ0n) is 22.8. The maximum atomic E-state index is 13.9. The van der Waals surface area contributed by atoms with E-state index in [-0.39, 0.29) is 29.0 Å². The van der Waals surface area contributed by atoms with Crippen LogP contribution >= 0.6 is 0 Å². The highest BCUT2D eigenvalue weighted by Crippen LogP contribution is 2.68. The molecule has 4 aliphatic rings. The Labute approximate surface area is 213 Å². The monoisotopic (exact) mass is 504 g/mol. The molecule has 4 rings (SSSR count). The highest BCUT2D eigenvalue weighted by atomic mass is 16.7. The lowest BCUT2D eigenvalue weighted by Gasteiger charge is -2.30. The molecule has 1 heterocycles. The Morgan fingerprint density at radius 2 is 1.81 bits per heavy atom. The molecule has 0 spiro atoms. The van der Waals surface area contributed by atoms with E-state index in [1.165, 1.54) is 6.92 Å². The van der Waals surface area contributed by atoms with Crippen LogP contribution in [0.5, 0.6) is 0 Å². The number of aliphatic hydroxyl groups excluding tert-OH is 1. The molecule has 36 heavy (non-hydrogen) atoms. The van der Waals surface area contributed by atoms with Crippen LogP contribution in [0, 0.1) is 29.1 Å². The number of hydrogen-bond acceptors (Lipinski definition) is 8. The number of epoxide rings is 1. The van der Waals surface area contributed by atoms with E-state index >= 15 is 0 Å². The maximum Gasteiger partial charge on any atom is 0.334 e. The Morgan fingerprint density at radius 3 is 2.36 bits per heavy atom. The van der Waals surface area contributed by atoms with Gasteiger partial charge in [0.15, 0.2) is 17.0 Å². The van der Waals surface area contributed by atoms with Gasteiger partial charge in [0.2, 0.25) is 0 Å². The topological polar surface area (TPSA) is 112 Å². The highest BCUT2D eigenvalue weighted by molar-refractivity contribution is 5.96. The van der Waals surface area contributed by atoms with Crippen LogP contribution in [0.2, 0.25) is 0 Å². The minimum atomic E-state index is -1.20. The van der Waals surface area contributed by atoms with Crippen molar-refractivity contribution < 1.29 is 38.4 Å². The van der Waals surface area contributed by atoms with Gasteiger partial charge in [-0.1, -0.05) is 33.8 Å². The summed E-state index contributed by atoms with van der Waals surface area (Å²) in [7, 11) is 1.57. The normalized spacial score (nSPS) is 45.3. The van der Waals surface area contributed by atoms with E-state index in [0.29, 0.717) is 17.6 Å². The molecule has 3 aliphatic carbocycles. The van der Waals surface area contributed by atoms with Crippen LogP contribution in [-0.4, -0.2) is 65.6 Å². The Hall–Kier alpha value is -2.03. The summed E-state index contributed by atoms with van der Waals surface area (Å²) in [6.07, 6.45) is 0.920. The van der Waals surface area contributed by atoms with Crippen LogP contribution in [0.3, 0.4) is 0 Å². The third-order valence-corrected chi connectivity index (χ3v) is 9.27. The van der Waals surface area contributed by atoms with Gasteiger partial charge in [0.1, 0.15) is 18.3 Å². The summed E-state index contributed by atoms with van der Waals surface area (Å²) in [5.41, 5.74) is -1.61. The molecule has 8 heteroatoms. The summed E-state index contributed by atoms with van der Waals surface area (Å²) >= 11 is 0. The molecule has 0 aromatic rings. The van der Waals surface area contributed by atoms with Gasteiger partial charge in [-0.25, -0.2) is 4.79 Å². The summed E-state index contributed by atoms with van der Waals surface area (Å²) in [6, 6.07) is 0. The summed E-state index contributed by atoms with van der Waals surface area (Å²) < 4.78 is 24.0. The minimum absolute atomic E-state index is 0.141. The summed E-state index contributed by atoms with van der Waals surface area (Å²) in [6.45, 7) is 14.4. The van der Waals surface area contributed by atoms with Crippen molar-refractivity contribution in [1.82, 2.24) is 0 Å². The van der Waals surface area contributed by atoms with E-state index in [1.54, 1.807) is 34.0 Å². The molecule has 1 aliphatic heterocycles. The molecule has 0 bridgehead atoms. The number of fused-ring (bicyclic) bond motifs is 1. The fraction of sp³-hybridized carbons (Fsp3) is 0.750. The first-order valence-electron chi connectivity index (χ1n) is 12.9. The van der Waals surface area contributed by atoms with Crippen LogP contribution in [0.25, 0.3) is 0 Å². The second-order valence-electron chi connectivity index (χ2n) is 11.8. The molecule has 0 aromatic heterocycles. The predicted molar refractivity (Wildman–Crippen MR) is 131 cm³/mol. The van der Waals surface area contributed by atoms with Gasteiger partial charge in [-0.05, 0) is 56.1 Å². The lowest BCUT2D eigenvalue weighted by Crippen LogP contribution is -2.42. The summed E-state index contributed by atoms with van der Waals surface area (Å²) in [4.78, 5) is 38.9. The number of methoxy groups -OCH3 is 1. The molecule has 1 saturated heterocycles. The fourth-order valence-electron chi connectivity index (χ4n) is 7.15. The third kappa shape index (κ3) is 3.71. The van der Waals surface area contributed by atoms with Gasteiger partial charge in [-0.2, -0.15) is 0 Å². The molecule has 200 valence electrons. The van der Waals surface area contributed by atoms with Crippen molar-refractivity contribution in [2.75, 3.05) is 7.11 Å². The SMILES string of the molecule is CC=C(C)C(=O)OC1C(C)=CC23OC2(CC(C)C3OC(C)=O)C(=O)C(C)C(O)C2C(C1OC)C2(C)C. The first-order valence-corrected chi connectivity index (χ1v) is 12.9. The molecule has 0 amide bonds. The number of Topliss-reactive ketones (excluding diaryl/α,β-unsaturated/α-hetero) is 1. The van der Waals surface area contributed by atoms with Gasteiger partial charge in [0.05, 0.1) is 6.10 Å². The van der Waals surface area contributed by atoms with Crippen molar-refractivity contribution >= 4 is 17.7 Å². The average molecular weight is 505 g/mol. The summed E-state index contributed by atoms with van der Waals surface area (Å²) in [5, 5.41) is 11.5. The molecular weight excluding hydrogens is 464 g/mol. The number of hydrogen-bond donors (Lipinski definition) is 1. The maximum absolute atomic E-state index is 13.9. The Balaban J connectivity index is 1.88. The van der Waals surface area contributed by atoms with Crippen LogP contribution < -0.4 is 0 Å². The zero-order valence-corrected chi connectivity index (χ0v) is 22.8. The van der Waals surface area contributed by atoms with Gasteiger partial charge in [-0.15, -0.1) is 0 Å². The van der Waals surface area contributed by atoms with Gasteiger partial charge in [0, 0.05) is 31.4 Å². The highest BCUT2D eigenvalue weighted by Gasteiger charge is 2.83. The number of rotatable bonds is 4. The van der Waals surface area contributed by atoms with Crippen molar-refractivity contribution in [3.63, 3.8) is 0 Å². The van der Waals surface area contributed by atoms with Crippen LogP contribution in [-0.2, 0) is 33.3 Å². The first kappa shape index (κ1) is 27.0. The lowest BCUT2D eigenvalue weighted by atomic mass is 9.80. The van der Waals surface area contributed by atoms with E-state index in [0.717, 1.165) is 0 Å². The molecule has 3 fully saturated rings.